The minimum absolute atomic E-state index is 0.0382. The molecule has 0 atom stereocenters. The summed E-state index contributed by atoms with van der Waals surface area (Å²) in [5.41, 5.74) is 3.13. The Morgan fingerprint density at radius 3 is 2.51 bits per heavy atom. The van der Waals surface area contributed by atoms with E-state index in [1.165, 1.54) is 0 Å². The van der Waals surface area contributed by atoms with E-state index in [1.54, 1.807) is 31.5 Å². The molecule has 0 N–H and O–H groups in total. The van der Waals surface area contributed by atoms with Crippen molar-refractivity contribution in [3.8, 4) is 23.3 Å². The average Bonchev–Trinajstić information content (AvgIpc) is 2.99. The zero-order chi connectivity index (χ0) is 27.0. The second-order valence-electron chi connectivity index (χ2n) is 9.06. The van der Waals surface area contributed by atoms with E-state index in [0.717, 1.165) is 22.7 Å². The molecule has 0 unspecified atom stereocenters. The largest absolute Gasteiger partial charge is 0.495 e. The molecule has 0 radical (unpaired) electrons. The van der Waals surface area contributed by atoms with Crippen LogP contribution < -0.4 is 14.4 Å². The van der Waals surface area contributed by atoms with Crippen molar-refractivity contribution >= 4 is 23.3 Å². The number of nitrogens with zero attached hydrogens (tertiary/aromatic N) is 3. The minimum Gasteiger partial charge on any atom is -0.495 e. The number of hydrogen-bond acceptors (Lipinski definition) is 5. The van der Waals surface area contributed by atoms with Gasteiger partial charge in [0.05, 0.1) is 17.7 Å². The quantitative estimate of drug-likeness (QED) is 0.296. The first-order valence-electron chi connectivity index (χ1n) is 12.7. The van der Waals surface area contributed by atoms with Gasteiger partial charge in [-0.05, 0) is 54.1 Å². The number of piperazine rings is 1. The lowest BCUT2D eigenvalue weighted by Crippen LogP contribution is -2.49. The van der Waals surface area contributed by atoms with Crippen molar-refractivity contribution in [3.63, 3.8) is 0 Å². The average molecular weight is 538 g/mol. The van der Waals surface area contributed by atoms with Gasteiger partial charge in [-0.1, -0.05) is 59.8 Å². The molecule has 1 saturated heterocycles. The van der Waals surface area contributed by atoms with Crippen LogP contribution in [0.4, 0.5) is 5.82 Å². The molecule has 2 heterocycles. The first-order chi connectivity index (χ1) is 19.1. The van der Waals surface area contributed by atoms with Crippen molar-refractivity contribution in [1.29, 1.82) is 0 Å². The molecule has 3 aromatic carbocycles. The van der Waals surface area contributed by atoms with E-state index >= 15 is 0 Å². The molecule has 0 saturated carbocycles. The Balaban J connectivity index is 1.27. The topological polar surface area (TPSA) is 54.9 Å². The molecule has 1 aliphatic rings. The number of ether oxygens (including phenoxy) is 2. The first kappa shape index (κ1) is 26.1. The number of hydrogen-bond donors (Lipinski definition) is 0. The molecule has 6 nitrogen and oxygen atoms in total. The molecule has 196 valence electrons. The predicted molar refractivity (Wildman–Crippen MR) is 154 cm³/mol. The van der Waals surface area contributed by atoms with Crippen LogP contribution >= 0.6 is 11.6 Å². The molecule has 1 aliphatic heterocycles. The van der Waals surface area contributed by atoms with E-state index in [4.69, 9.17) is 21.1 Å². The summed E-state index contributed by atoms with van der Waals surface area (Å²) in [6.45, 7) is 2.96. The van der Waals surface area contributed by atoms with Crippen LogP contribution in [0.15, 0.2) is 91.1 Å². The Hall–Kier alpha value is -4.47. The Morgan fingerprint density at radius 1 is 0.923 bits per heavy atom. The number of halogens is 1. The fourth-order valence-corrected chi connectivity index (χ4v) is 4.64. The summed E-state index contributed by atoms with van der Waals surface area (Å²) >= 11 is 6.31. The summed E-state index contributed by atoms with van der Waals surface area (Å²) in [4.78, 5) is 21.7. The molecule has 0 aliphatic carbocycles. The SMILES string of the molecule is COc1ccc(C(=O)N2CCN(c3ncccc3Cl)CC2)cc1C#Cc1cccc(OCc2ccccc2)c1. The van der Waals surface area contributed by atoms with Gasteiger partial charge in [0, 0.05) is 43.5 Å². The third-order valence-electron chi connectivity index (χ3n) is 6.48. The van der Waals surface area contributed by atoms with Crippen molar-refractivity contribution in [1.82, 2.24) is 9.88 Å². The zero-order valence-electron chi connectivity index (χ0n) is 21.6. The van der Waals surface area contributed by atoms with Gasteiger partial charge in [0.25, 0.3) is 5.91 Å². The molecule has 4 aromatic rings. The van der Waals surface area contributed by atoms with Crippen molar-refractivity contribution in [3.05, 3.63) is 118 Å². The van der Waals surface area contributed by atoms with Crippen LogP contribution in [-0.2, 0) is 6.61 Å². The highest BCUT2D eigenvalue weighted by Crippen LogP contribution is 2.25. The van der Waals surface area contributed by atoms with Crippen molar-refractivity contribution in [2.24, 2.45) is 0 Å². The molecule has 5 rings (SSSR count). The second-order valence-corrected chi connectivity index (χ2v) is 9.46. The molecule has 0 spiro atoms. The Morgan fingerprint density at radius 2 is 1.74 bits per heavy atom. The number of carbonyl (C=O) groups excluding carboxylic acids is 1. The Bertz CT molecular complexity index is 1510. The number of anilines is 1. The number of amides is 1. The fourth-order valence-electron chi connectivity index (χ4n) is 4.40. The number of methoxy groups -OCH3 is 1. The summed E-state index contributed by atoms with van der Waals surface area (Å²) in [7, 11) is 1.60. The van der Waals surface area contributed by atoms with Crippen molar-refractivity contribution < 1.29 is 14.3 Å². The van der Waals surface area contributed by atoms with Crippen molar-refractivity contribution in [2.75, 3.05) is 38.2 Å². The van der Waals surface area contributed by atoms with Gasteiger partial charge in [0.1, 0.15) is 23.9 Å². The van der Waals surface area contributed by atoms with Gasteiger partial charge in [-0.25, -0.2) is 4.98 Å². The minimum atomic E-state index is -0.0382. The highest BCUT2D eigenvalue weighted by Gasteiger charge is 2.24. The maximum atomic E-state index is 13.3. The van der Waals surface area contributed by atoms with E-state index in [0.29, 0.717) is 54.7 Å². The third kappa shape index (κ3) is 6.51. The van der Waals surface area contributed by atoms with Gasteiger partial charge in [0.15, 0.2) is 0 Å². The maximum Gasteiger partial charge on any atom is 0.254 e. The summed E-state index contributed by atoms with van der Waals surface area (Å²) < 4.78 is 11.5. The van der Waals surface area contributed by atoms with Gasteiger partial charge < -0.3 is 19.3 Å². The molecule has 39 heavy (non-hydrogen) atoms. The van der Waals surface area contributed by atoms with Crippen LogP contribution in [0.1, 0.15) is 27.0 Å². The summed E-state index contributed by atoms with van der Waals surface area (Å²) in [5.74, 6) is 8.44. The van der Waals surface area contributed by atoms with Gasteiger partial charge in [-0.2, -0.15) is 0 Å². The van der Waals surface area contributed by atoms with E-state index in [9.17, 15) is 4.79 Å². The van der Waals surface area contributed by atoms with Crippen LogP contribution in [0.2, 0.25) is 5.02 Å². The van der Waals surface area contributed by atoms with Crippen LogP contribution in [0, 0.1) is 11.8 Å². The molecule has 1 amide bonds. The van der Waals surface area contributed by atoms with Gasteiger partial charge in [-0.3, -0.25) is 4.79 Å². The lowest BCUT2D eigenvalue weighted by molar-refractivity contribution is 0.0746. The van der Waals surface area contributed by atoms with Crippen LogP contribution in [-0.4, -0.2) is 49.1 Å². The van der Waals surface area contributed by atoms with Gasteiger partial charge >= 0.3 is 0 Å². The summed E-state index contributed by atoms with van der Waals surface area (Å²) in [6.07, 6.45) is 1.73. The van der Waals surface area contributed by atoms with Crippen LogP contribution in [0.3, 0.4) is 0 Å². The zero-order valence-corrected chi connectivity index (χ0v) is 22.4. The number of rotatable bonds is 6. The highest BCUT2D eigenvalue weighted by molar-refractivity contribution is 6.32. The number of carbonyl (C=O) groups is 1. The fraction of sp³-hybridized carbons (Fsp3) is 0.188. The molecule has 1 fully saturated rings. The van der Waals surface area contributed by atoms with Gasteiger partial charge in [-0.15, -0.1) is 0 Å². The Labute approximate surface area is 233 Å². The number of pyridine rings is 1. The molecule has 7 heteroatoms. The predicted octanol–water partition coefficient (Wildman–Crippen LogP) is 5.68. The monoisotopic (exact) mass is 537 g/mol. The lowest BCUT2D eigenvalue weighted by Gasteiger charge is -2.35. The standard InChI is InChI=1S/C32H28ClN3O3/c1-38-30-15-14-27(32(37)36-19-17-35(18-20-36)31-29(33)11-6-16-34-31)22-26(30)13-12-24-9-5-10-28(21-24)39-23-25-7-3-2-4-8-25/h2-11,14-16,21-22H,17-20,23H2,1H3. The normalized spacial score (nSPS) is 12.9. The first-order valence-corrected chi connectivity index (χ1v) is 13.1. The smallest absolute Gasteiger partial charge is 0.254 e. The number of benzene rings is 3. The molecule has 0 bridgehead atoms. The van der Waals surface area contributed by atoms with E-state index in [-0.39, 0.29) is 5.91 Å². The van der Waals surface area contributed by atoms with E-state index < -0.39 is 0 Å². The molecular weight excluding hydrogens is 510 g/mol. The summed E-state index contributed by atoms with van der Waals surface area (Å²) in [5, 5.41) is 0.615. The van der Waals surface area contributed by atoms with E-state index in [1.807, 2.05) is 71.6 Å². The summed E-state index contributed by atoms with van der Waals surface area (Å²) in [6, 6.07) is 26.7. The van der Waals surface area contributed by atoms with E-state index in [2.05, 4.69) is 21.7 Å². The lowest BCUT2D eigenvalue weighted by atomic mass is 10.1. The highest BCUT2D eigenvalue weighted by atomic mass is 35.5. The van der Waals surface area contributed by atoms with Crippen LogP contribution in [0.25, 0.3) is 0 Å². The molecule has 1 aromatic heterocycles. The third-order valence-corrected chi connectivity index (χ3v) is 6.77. The maximum absolute atomic E-state index is 13.3. The molecular formula is C32H28ClN3O3. The number of aromatic nitrogens is 1. The Kier molecular flexibility index (Phi) is 8.30. The van der Waals surface area contributed by atoms with Crippen LogP contribution in [0.5, 0.6) is 11.5 Å². The van der Waals surface area contributed by atoms with Crippen molar-refractivity contribution in [2.45, 2.75) is 6.61 Å². The van der Waals surface area contributed by atoms with Gasteiger partial charge in [0.2, 0.25) is 0 Å². The second kappa shape index (κ2) is 12.4.